The van der Waals surface area contributed by atoms with Crippen LogP contribution in [0.4, 0.5) is 0 Å². The Labute approximate surface area is 110 Å². The summed E-state index contributed by atoms with van der Waals surface area (Å²) < 4.78 is 2.11. The zero-order valence-electron chi connectivity index (χ0n) is 11.6. The van der Waals surface area contributed by atoms with E-state index in [1.165, 1.54) is 41.6 Å². The van der Waals surface area contributed by atoms with Gasteiger partial charge in [-0.05, 0) is 56.2 Å². The zero-order valence-corrected chi connectivity index (χ0v) is 11.6. The second-order valence-corrected chi connectivity index (χ2v) is 5.07. The van der Waals surface area contributed by atoms with E-state index in [2.05, 4.69) is 48.6 Å². The molecule has 1 heterocycles. The van der Waals surface area contributed by atoms with Gasteiger partial charge in [-0.3, -0.25) is 0 Å². The number of aryl methyl sites for hydroxylation is 4. The van der Waals surface area contributed by atoms with Crippen molar-refractivity contribution < 1.29 is 0 Å². The molecule has 2 heteroatoms. The summed E-state index contributed by atoms with van der Waals surface area (Å²) in [5.74, 6) is 0. The van der Waals surface area contributed by atoms with Gasteiger partial charge >= 0.3 is 0 Å². The highest BCUT2D eigenvalue weighted by Crippen LogP contribution is 2.16. The monoisotopic (exact) mass is 242 g/mol. The highest BCUT2D eigenvalue weighted by molar-refractivity contribution is 5.33. The van der Waals surface area contributed by atoms with Crippen LogP contribution in [-0.2, 0) is 19.9 Å². The normalized spacial score (nSPS) is 10.8. The number of hydrogen-bond donors (Lipinski definition) is 0. The Morgan fingerprint density at radius 1 is 1.06 bits per heavy atom. The molecule has 1 aromatic heterocycles. The summed E-state index contributed by atoms with van der Waals surface area (Å²) in [5.41, 5.74) is 5.71. The average Bonchev–Trinajstić information content (AvgIpc) is 2.73. The largest absolute Gasteiger partial charge is 0.338 e. The predicted molar refractivity (Wildman–Crippen MR) is 75.8 cm³/mol. The van der Waals surface area contributed by atoms with Crippen molar-refractivity contribution >= 4 is 0 Å². The maximum atomic E-state index is 4.15. The number of nitrogens with zero attached hydrogens (tertiary/aromatic N) is 2. The molecule has 0 saturated heterocycles. The summed E-state index contributed by atoms with van der Waals surface area (Å²) >= 11 is 0. The molecule has 2 aromatic rings. The van der Waals surface area contributed by atoms with E-state index < -0.39 is 0 Å². The Hall–Kier alpha value is -1.57. The molecular formula is C16H22N2. The Kier molecular flexibility index (Phi) is 4.19. The predicted octanol–water partition coefficient (Wildman–Crippen LogP) is 3.60. The number of benzene rings is 1. The Bertz CT molecular complexity index is 491. The van der Waals surface area contributed by atoms with E-state index in [1.807, 2.05) is 12.5 Å². The average molecular weight is 242 g/mol. The first-order chi connectivity index (χ1) is 8.68. The Balaban J connectivity index is 1.84. The molecule has 0 atom stereocenters. The van der Waals surface area contributed by atoms with Crippen molar-refractivity contribution in [2.24, 2.45) is 7.05 Å². The van der Waals surface area contributed by atoms with Crippen molar-refractivity contribution in [3.8, 4) is 0 Å². The van der Waals surface area contributed by atoms with E-state index in [4.69, 9.17) is 0 Å². The number of aromatic nitrogens is 2. The molecule has 0 N–H and O–H groups in total. The lowest BCUT2D eigenvalue weighted by molar-refractivity contribution is 0.694. The molecule has 96 valence electrons. The van der Waals surface area contributed by atoms with E-state index >= 15 is 0 Å². The zero-order chi connectivity index (χ0) is 13.0. The van der Waals surface area contributed by atoms with E-state index in [0.717, 1.165) is 6.42 Å². The summed E-state index contributed by atoms with van der Waals surface area (Å²) in [7, 11) is 2.06. The van der Waals surface area contributed by atoms with Gasteiger partial charge in [0.1, 0.15) is 0 Å². The molecule has 0 aliphatic rings. The van der Waals surface area contributed by atoms with Gasteiger partial charge in [0.15, 0.2) is 0 Å². The minimum atomic E-state index is 1.13. The summed E-state index contributed by atoms with van der Waals surface area (Å²) in [5, 5.41) is 0. The van der Waals surface area contributed by atoms with Gasteiger partial charge in [0.25, 0.3) is 0 Å². The van der Waals surface area contributed by atoms with Crippen LogP contribution in [0.2, 0.25) is 0 Å². The van der Waals surface area contributed by atoms with Crippen molar-refractivity contribution in [1.29, 1.82) is 0 Å². The standard InChI is InChI=1S/C16H22N2/c1-13-7-6-8-14(2)16(13)10-5-4-9-15-11-17-12-18(15)3/h6-8,11-12H,4-5,9-10H2,1-3H3. The smallest absolute Gasteiger partial charge is 0.0945 e. The van der Waals surface area contributed by atoms with Crippen LogP contribution in [0.15, 0.2) is 30.7 Å². The molecule has 0 bridgehead atoms. The van der Waals surface area contributed by atoms with E-state index in [0.29, 0.717) is 0 Å². The minimum absolute atomic E-state index is 1.13. The van der Waals surface area contributed by atoms with Gasteiger partial charge < -0.3 is 4.57 Å². The van der Waals surface area contributed by atoms with Crippen LogP contribution in [0.3, 0.4) is 0 Å². The summed E-state index contributed by atoms with van der Waals surface area (Å²) in [6.45, 7) is 4.42. The van der Waals surface area contributed by atoms with Gasteiger partial charge in [-0.15, -0.1) is 0 Å². The SMILES string of the molecule is Cc1cccc(C)c1CCCCc1cncn1C. The number of rotatable bonds is 5. The van der Waals surface area contributed by atoms with Crippen LogP contribution < -0.4 is 0 Å². The highest BCUT2D eigenvalue weighted by Gasteiger charge is 2.03. The minimum Gasteiger partial charge on any atom is -0.338 e. The van der Waals surface area contributed by atoms with Crippen LogP contribution in [-0.4, -0.2) is 9.55 Å². The molecule has 0 saturated carbocycles. The fraction of sp³-hybridized carbons (Fsp3) is 0.438. The second-order valence-electron chi connectivity index (χ2n) is 5.07. The highest BCUT2D eigenvalue weighted by atomic mass is 15.0. The van der Waals surface area contributed by atoms with Crippen molar-refractivity contribution in [2.75, 3.05) is 0 Å². The number of hydrogen-bond acceptors (Lipinski definition) is 1. The van der Waals surface area contributed by atoms with Gasteiger partial charge in [0, 0.05) is 18.9 Å². The Morgan fingerprint density at radius 2 is 1.72 bits per heavy atom. The van der Waals surface area contributed by atoms with E-state index in [1.54, 1.807) is 0 Å². The molecule has 1 aromatic carbocycles. The molecular weight excluding hydrogens is 220 g/mol. The van der Waals surface area contributed by atoms with Crippen LogP contribution in [0.1, 0.15) is 35.2 Å². The molecule has 2 nitrogen and oxygen atoms in total. The quantitative estimate of drug-likeness (QED) is 0.732. The van der Waals surface area contributed by atoms with Crippen molar-refractivity contribution in [1.82, 2.24) is 9.55 Å². The van der Waals surface area contributed by atoms with E-state index in [9.17, 15) is 0 Å². The van der Waals surface area contributed by atoms with Gasteiger partial charge in [0.05, 0.1) is 6.33 Å². The molecule has 18 heavy (non-hydrogen) atoms. The lowest BCUT2D eigenvalue weighted by atomic mass is 9.97. The summed E-state index contributed by atoms with van der Waals surface area (Å²) in [4.78, 5) is 4.15. The topological polar surface area (TPSA) is 17.8 Å². The third kappa shape index (κ3) is 3.00. The molecule has 0 aliphatic heterocycles. The van der Waals surface area contributed by atoms with Crippen molar-refractivity contribution in [2.45, 2.75) is 39.5 Å². The van der Waals surface area contributed by atoms with Crippen molar-refractivity contribution in [3.63, 3.8) is 0 Å². The first-order valence-corrected chi connectivity index (χ1v) is 6.69. The molecule has 0 amide bonds. The molecule has 0 spiro atoms. The summed E-state index contributed by atoms with van der Waals surface area (Å²) in [6, 6.07) is 6.57. The fourth-order valence-electron chi connectivity index (χ4n) is 2.48. The summed E-state index contributed by atoms with van der Waals surface area (Å²) in [6.07, 6.45) is 8.64. The molecule has 0 unspecified atom stereocenters. The number of imidazole rings is 1. The fourth-order valence-corrected chi connectivity index (χ4v) is 2.48. The van der Waals surface area contributed by atoms with E-state index in [-0.39, 0.29) is 0 Å². The first-order valence-electron chi connectivity index (χ1n) is 6.69. The molecule has 0 aliphatic carbocycles. The van der Waals surface area contributed by atoms with Crippen molar-refractivity contribution in [3.05, 3.63) is 53.1 Å². The first kappa shape index (κ1) is 12.9. The molecule has 2 rings (SSSR count). The van der Waals surface area contributed by atoms with Gasteiger partial charge in [-0.1, -0.05) is 18.2 Å². The van der Waals surface area contributed by atoms with Gasteiger partial charge in [-0.2, -0.15) is 0 Å². The van der Waals surface area contributed by atoms with Crippen LogP contribution in [0, 0.1) is 13.8 Å². The van der Waals surface area contributed by atoms with Crippen LogP contribution >= 0.6 is 0 Å². The van der Waals surface area contributed by atoms with Crippen LogP contribution in [0.25, 0.3) is 0 Å². The van der Waals surface area contributed by atoms with Crippen LogP contribution in [0.5, 0.6) is 0 Å². The lowest BCUT2D eigenvalue weighted by Crippen LogP contribution is -1.97. The maximum absolute atomic E-state index is 4.15. The second kappa shape index (κ2) is 5.85. The van der Waals surface area contributed by atoms with Gasteiger partial charge in [-0.25, -0.2) is 4.98 Å². The Morgan fingerprint density at radius 3 is 2.33 bits per heavy atom. The third-order valence-electron chi connectivity index (χ3n) is 3.67. The molecule has 0 radical (unpaired) electrons. The maximum Gasteiger partial charge on any atom is 0.0945 e. The molecule has 0 fully saturated rings. The van der Waals surface area contributed by atoms with Gasteiger partial charge in [0.2, 0.25) is 0 Å². The third-order valence-corrected chi connectivity index (χ3v) is 3.67. The lowest BCUT2D eigenvalue weighted by Gasteiger charge is -2.09. The number of unbranched alkanes of at least 4 members (excludes halogenated alkanes) is 1.